The third-order valence-electron chi connectivity index (χ3n) is 1.78. The maximum absolute atomic E-state index is 11.7. The number of rotatable bonds is 5. The Morgan fingerprint density at radius 1 is 1.58 bits per heavy atom. The Balaban J connectivity index is 2.39. The monoisotopic (exact) mass is 187 g/mol. The fourth-order valence-electron chi connectivity index (χ4n) is 1.11. The molecule has 0 bridgehead atoms. The van der Waals surface area contributed by atoms with Gasteiger partial charge in [-0.25, -0.2) is 4.39 Å². The number of hydrogen-bond donors (Lipinski definition) is 1. The third kappa shape index (κ3) is 2.57. The summed E-state index contributed by atoms with van der Waals surface area (Å²) in [4.78, 5) is 1.34. The Kier molecular flexibility index (Phi) is 4.25. The molecule has 1 heterocycles. The smallest absolute Gasteiger partial charge is 0.102 e. The minimum absolute atomic E-state index is 0.285. The van der Waals surface area contributed by atoms with E-state index in [1.54, 1.807) is 11.3 Å². The van der Waals surface area contributed by atoms with E-state index in [1.165, 1.54) is 10.4 Å². The van der Waals surface area contributed by atoms with Crippen LogP contribution in [0.5, 0.6) is 0 Å². The van der Waals surface area contributed by atoms with Gasteiger partial charge in [-0.15, -0.1) is 11.3 Å². The molecular formula is C9H14FNS. The van der Waals surface area contributed by atoms with E-state index in [9.17, 15) is 4.39 Å². The zero-order valence-electron chi connectivity index (χ0n) is 7.27. The lowest BCUT2D eigenvalue weighted by Crippen LogP contribution is -2.15. The van der Waals surface area contributed by atoms with Gasteiger partial charge < -0.3 is 5.32 Å². The van der Waals surface area contributed by atoms with Gasteiger partial charge in [-0.3, -0.25) is 0 Å². The fraction of sp³-hybridized carbons (Fsp3) is 0.556. The second-order valence-corrected chi connectivity index (χ2v) is 3.59. The molecule has 1 N–H and O–H groups in total. The lowest BCUT2D eigenvalue weighted by atomic mass is 10.2. The second-order valence-electron chi connectivity index (χ2n) is 2.59. The molecule has 1 nitrogen and oxygen atoms in total. The van der Waals surface area contributed by atoms with Crippen LogP contribution in [0.4, 0.5) is 4.39 Å². The Morgan fingerprint density at radius 2 is 2.42 bits per heavy atom. The molecule has 0 unspecified atom stereocenters. The molecule has 1 rings (SSSR count). The zero-order chi connectivity index (χ0) is 8.81. The van der Waals surface area contributed by atoms with Crippen molar-refractivity contribution in [3.63, 3.8) is 0 Å². The van der Waals surface area contributed by atoms with Gasteiger partial charge in [-0.1, -0.05) is 6.92 Å². The summed E-state index contributed by atoms with van der Waals surface area (Å²) in [6.07, 6.45) is 1.07. The highest BCUT2D eigenvalue weighted by Gasteiger charge is 2.00. The molecule has 0 saturated carbocycles. The summed E-state index contributed by atoms with van der Waals surface area (Å²) in [7, 11) is 0. The molecule has 0 fully saturated rings. The Labute approximate surface area is 76.6 Å². The summed E-state index contributed by atoms with van der Waals surface area (Å²) in [6, 6.07) is 2.14. The van der Waals surface area contributed by atoms with Crippen molar-refractivity contribution < 1.29 is 4.39 Å². The van der Waals surface area contributed by atoms with E-state index >= 15 is 0 Å². The highest BCUT2D eigenvalue weighted by molar-refractivity contribution is 7.10. The second kappa shape index (κ2) is 5.27. The Morgan fingerprint density at radius 3 is 3.08 bits per heavy atom. The predicted molar refractivity (Wildman–Crippen MR) is 51.4 cm³/mol. The molecule has 0 amide bonds. The van der Waals surface area contributed by atoms with E-state index in [1.807, 2.05) is 0 Å². The van der Waals surface area contributed by atoms with Crippen LogP contribution in [0.2, 0.25) is 0 Å². The molecule has 0 spiro atoms. The van der Waals surface area contributed by atoms with Gasteiger partial charge in [-0.05, 0) is 23.4 Å². The number of halogens is 1. The first-order valence-corrected chi connectivity index (χ1v) is 5.08. The highest BCUT2D eigenvalue weighted by Crippen LogP contribution is 2.16. The first-order valence-electron chi connectivity index (χ1n) is 4.20. The Hall–Kier alpha value is -0.410. The van der Waals surface area contributed by atoms with Gasteiger partial charge in [0.15, 0.2) is 0 Å². The summed E-state index contributed by atoms with van der Waals surface area (Å²) in [6.45, 7) is 3.12. The van der Waals surface area contributed by atoms with Crippen molar-refractivity contribution in [2.45, 2.75) is 19.9 Å². The van der Waals surface area contributed by atoms with Gasteiger partial charge in [0.25, 0.3) is 0 Å². The first-order chi connectivity index (χ1) is 5.88. The molecule has 3 heteroatoms. The average molecular weight is 187 g/mol. The number of aryl methyl sites for hydroxylation is 1. The largest absolute Gasteiger partial charge is 0.309 e. The SMILES string of the molecule is CCc1ccsc1CNCCF. The minimum atomic E-state index is -0.285. The predicted octanol–water partition coefficient (Wildman–Crippen LogP) is 2.37. The standard InChI is InChI=1S/C9H14FNS/c1-2-8-3-6-12-9(8)7-11-5-4-10/h3,6,11H,2,4-5,7H2,1H3. The van der Waals surface area contributed by atoms with E-state index in [4.69, 9.17) is 0 Å². The van der Waals surface area contributed by atoms with E-state index in [2.05, 4.69) is 23.7 Å². The molecule has 0 aliphatic carbocycles. The van der Waals surface area contributed by atoms with Crippen molar-refractivity contribution >= 4 is 11.3 Å². The van der Waals surface area contributed by atoms with Crippen molar-refractivity contribution in [2.75, 3.05) is 13.2 Å². The summed E-state index contributed by atoms with van der Waals surface area (Å²) < 4.78 is 11.7. The molecular weight excluding hydrogens is 173 g/mol. The van der Waals surface area contributed by atoms with E-state index in [-0.39, 0.29) is 6.67 Å². The van der Waals surface area contributed by atoms with Gasteiger partial charge in [0.05, 0.1) is 0 Å². The van der Waals surface area contributed by atoms with Crippen molar-refractivity contribution in [1.29, 1.82) is 0 Å². The van der Waals surface area contributed by atoms with Crippen LogP contribution >= 0.6 is 11.3 Å². The molecule has 1 aromatic heterocycles. The molecule has 0 atom stereocenters. The van der Waals surface area contributed by atoms with Crippen molar-refractivity contribution in [1.82, 2.24) is 5.32 Å². The summed E-state index contributed by atoms with van der Waals surface area (Å²) in [5.74, 6) is 0. The quantitative estimate of drug-likeness (QED) is 0.698. The van der Waals surface area contributed by atoms with Crippen molar-refractivity contribution in [3.8, 4) is 0 Å². The van der Waals surface area contributed by atoms with Gasteiger partial charge in [0.1, 0.15) is 6.67 Å². The van der Waals surface area contributed by atoms with E-state index in [0.717, 1.165) is 13.0 Å². The van der Waals surface area contributed by atoms with Crippen LogP contribution in [-0.4, -0.2) is 13.2 Å². The topological polar surface area (TPSA) is 12.0 Å². The normalized spacial score (nSPS) is 10.5. The van der Waals surface area contributed by atoms with Crippen LogP contribution in [-0.2, 0) is 13.0 Å². The molecule has 0 aliphatic heterocycles. The van der Waals surface area contributed by atoms with Crippen molar-refractivity contribution in [2.24, 2.45) is 0 Å². The van der Waals surface area contributed by atoms with Crippen LogP contribution in [0.25, 0.3) is 0 Å². The maximum Gasteiger partial charge on any atom is 0.102 e. The lowest BCUT2D eigenvalue weighted by Gasteiger charge is -2.01. The highest BCUT2D eigenvalue weighted by atomic mass is 32.1. The van der Waals surface area contributed by atoms with E-state index < -0.39 is 0 Å². The molecule has 68 valence electrons. The summed E-state index contributed by atoms with van der Waals surface area (Å²) in [5.41, 5.74) is 1.38. The molecule has 0 saturated heterocycles. The zero-order valence-corrected chi connectivity index (χ0v) is 8.09. The van der Waals surface area contributed by atoms with Crippen LogP contribution in [0, 0.1) is 0 Å². The van der Waals surface area contributed by atoms with Crippen LogP contribution < -0.4 is 5.32 Å². The maximum atomic E-state index is 11.7. The van der Waals surface area contributed by atoms with Crippen molar-refractivity contribution in [3.05, 3.63) is 21.9 Å². The van der Waals surface area contributed by atoms with Gasteiger partial charge in [0.2, 0.25) is 0 Å². The molecule has 0 aliphatic rings. The van der Waals surface area contributed by atoms with Gasteiger partial charge >= 0.3 is 0 Å². The first kappa shape index (κ1) is 9.68. The number of hydrogen-bond acceptors (Lipinski definition) is 2. The molecule has 0 radical (unpaired) electrons. The number of alkyl halides is 1. The number of thiophene rings is 1. The fourth-order valence-corrected chi connectivity index (χ4v) is 2.05. The third-order valence-corrected chi connectivity index (χ3v) is 2.74. The summed E-state index contributed by atoms with van der Waals surface area (Å²) >= 11 is 1.74. The Bertz CT molecular complexity index is 222. The van der Waals surface area contributed by atoms with E-state index in [0.29, 0.717) is 6.54 Å². The minimum Gasteiger partial charge on any atom is -0.309 e. The lowest BCUT2D eigenvalue weighted by molar-refractivity contribution is 0.467. The van der Waals surface area contributed by atoms with Gasteiger partial charge in [0, 0.05) is 18.0 Å². The summed E-state index contributed by atoms with van der Waals surface area (Å²) in [5, 5.41) is 5.14. The van der Waals surface area contributed by atoms with Crippen LogP contribution in [0.3, 0.4) is 0 Å². The molecule has 12 heavy (non-hydrogen) atoms. The average Bonchev–Trinajstić information content (AvgIpc) is 2.52. The number of nitrogens with one attached hydrogen (secondary N) is 1. The molecule has 1 aromatic rings. The van der Waals surface area contributed by atoms with Crippen LogP contribution in [0.1, 0.15) is 17.4 Å². The molecule has 0 aromatic carbocycles. The van der Waals surface area contributed by atoms with Gasteiger partial charge in [-0.2, -0.15) is 0 Å². The van der Waals surface area contributed by atoms with Crippen LogP contribution in [0.15, 0.2) is 11.4 Å².